The number of hydrogen-bond acceptors (Lipinski definition) is 4. The van der Waals surface area contributed by atoms with E-state index in [9.17, 15) is 0 Å². The summed E-state index contributed by atoms with van der Waals surface area (Å²) in [5.74, 6) is 1.07. The monoisotopic (exact) mass is 840 g/mol. The van der Waals surface area contributed by atoms with Crippen molar-refractivity contribution in [1.82, 2.24) is 27.9 Å². The Labute approximate surface area is 368 Å². The van der Waals surface area contributed by atoms with E-state index in [1.807, 2.05) is 69.3 Å². The van der Waals surface area contributed by atoms with Crippen molar-refractivity contribution in [3.63, 3.8) is 0 Å². The molecule has 0 amide bonds. The number of aryl methyl sites for hydroxylation is 2. The first kappa shape index (κ1) is 28.6. The molecular weight excluding hydrogens is 801 g/mol. The number of benzene rings is 8. The predicted molar refractivity (Wildman–Crippen MR) is 254 cm³/mol. The Morgan fingerprint density at radius 1 is 0.443 bits per heavy atom. The van der Waals surface area contributed by atoms with Gasteiger partial charge in [-0.15, -0.1) is 0 Å². The van der Waals surface area contributed by atoms with Crippen molar-refractivity contribution in [3.8, 4) is 11.4 Å². The third-order valence-corrected chi connectivity index (χ3v) is 20.8. The first-order chi connectivity index (χ1) is 32.5. The van der Waals surface area contributed by atoms with Crippen molar-refractivity contribution in [2.24, 2.45) is 0 Å². The van der Waals surface area contributed by atoms with Crippen LogP contribution < -0.4 is 20.7 Å². The molecule has 0 saturated heterocycles. The van der Waals surface area contributed by atoms with Crippen LogP contribution in [0.15, 0.2) is 189 Å². The maximum absolute atomic E-state index is 9.00. The van der Waals surface area contributed by atoms with Gasteiger partial charge in [0.2, 0.25) is 11.6 Å². The van der Waals surface area contributed by atoms with Gasteiger partial charge < -0.3 is 0 Å². The Morgan fingerprint density at radius 3 is 1.62 bits per heavy atom. The van der Waals surface area contributed by atoms with Crippen LogP contribution in [0, 0.1) is 13.7 Å². The fourth-order valence-corrected chi connectivity index (χ4v) is 19.6. The highest BCUT2D eigenvalue weighted by atomic mass is 32.2. The van der Waals surface area contributed by atoms with E-state index < -0.39 is 21.8 Å². The van der Waals surface area contributed by atoms with Crippen LogP contribution in [0.1, 0.15) is 19.4 Å². The van der Waals surface area contributed by atoms with E-state index in [-0.39, 0.29) is 11.1 Å². The zero-order valence-electron chi connectivity index (χ0n) is 38.2. The van der Waals surface area contributed by atoms with Gasteiger partial charge in [0.1, 0.15) is 0 Å². The smallest absolute Gasteiger partial charge is 0.220 e. The molecule has 0 fully saturated rings. The number of para-hydroxylation sites is 5. The second-order valence-corrected chi connectivity index (χ2v) is 21.6. The van der Waals surface area contributed by atoms with Crippen molar-refractivity contribution in [2.75, 3.05) is 0 Å². The Balaban J connectivity index is 1.08. The van der Waals surface area contributed by atoms with E-state index in [0.717, 1.165) is 32.6 Å². The summed E-state index contributed by atoms with van der Waals surface area (Å²) >= 11 is 3.64. The van der Waals surface area contributed by atoms with Crippen molar-refractivity contribution < 1.29 is 8.22 Å². The summed E-state index contributed by atoms with van der Waals surface area (Å²) in [6.45, 7) is -4.94. The Bertz CT molecular complexity index is 4060. The zero-order chi connectivity index (χ0) is 45.1. The Hall–Kier alpha value is -6.78. The van der Waals surface area contributed by atoms with Crippen LogP contribution in [0.3, 0.4) is 0 Å². The summed E-state index contributed by atoms with van der Waals surface area (Å²) in [6, 6.07) is 58.4. The highest BCUT2D eigenvalue weighted by molar-refractivity contribution is 8.01. The Kier molecular flexibility index (Phi) is 5.71. The van der Waals surface area contributed by atoms with Crippen LogP contribution in [-0.4, -0.2) is 36.0 Å². The molecule has 0 radical (unpaired) electrons. The summed E-state index contributed by atoms with van der Waals surface area (Å²) in [5, 5.41) is 5.44. The lowest BCUT2D eigenvalue weighted by molar-refractivity contribution is 1.08. The van der Waals surface area contributed by atoms with Crippen LogP contribution in [0.25, 0.3) is 67.1 Å². The first-order valence-corrected chi connectivity index (χ1v) is 23.8. The number of rotatable bonds is 2. The van der Waals surface area contributed by atoms with Crippen LogP contribution in [0.2, 0.25) is 0 Å². The fourth-order valence-electron chi connectivity index (χ4n) is 10.3. The summed E-state index contributed by atoms with van der Waals surface area (Å²) in [7, 11) is -2.91. The van der Waals surface area contributed by atoms with Gasteiger partial charge in [-0.2, -0.15) is 0 Å². The number of nitrogens with zero attached hydrogens (tertiary/aromatic N) is 6. The third-order valence-electron chi connectivity index (χ3n) is 12.7. The minimum absolute atomic E-state index is 0.104. The first-order valence-electron chi connectivity index (χ1n) is 23.2. The number of hydrogen-bond donors (Lipinski definition) is 0. The average molecular weight is 841 g/mol. The second-order valence-electron chi connectivity index (χ2n) is 15.8. The summed E-state index contributed by atoms with van der Waals surface area (Å²) in [4.78, 5) is 15.3. The third kappa shape index (κ3) is 4.30. The van der Waals surface area contributed by atoms with Gasteiger partial charge in [-0.3, -0.25) is 17.9 Å². The Morgan fingerprint density at radius 2 is 0.951 bits per heavy atom. The summed E-state index contributed by atoms with van der Waals surface area (Å²) in [6.07, 6.45) is 0. The van der Waals surface area contributed by atoms with Gasteiger partial charge in [-0.25, -0.2) is 9.97 Å². The SMILES string of the molecule is [2H]C([2H])([2H])c1cccc2c1nc1n(-c3cc(C([2H])([2H])[2H])c4nc5n(-c6cccc7c6Sc6ccccc6[Si]76c7ccccc7Sc7ccccc76)c6ccccc6n5c4c3)c3ccccc3n21. The van der Waals surface area contributed by atoms with Crippen LogP contribution in [0.4, 0.5) is 0 Å². The van der Waals surface area contributed by atoms with Crippen molar-refractivity contribution in [3.05, 3.63) is 181 Å². The molecule has 1 spiro atoms. The van der Waals surface area contributed by atoms with Gasteiger partial charge in [0.05, 0.1) is 55.5 Å². The molecule has 6 nitrogen and oxygen atoms in total. The molecule has 0 atom stereocenters. The zero-order valence-corrected chi connectivity index (χ0v) is 34.8. The number of aromatic nitrogens is 6. The molecule has 0 saturated carbocycles. The minimum Gasteiger partial charge on any atom is -0.278 e. The molecule has 9 heteroatoms. The van der Waals surface area contributed by atoms with E-state index in [4.69, 9.17) is 18.2 Å². The lowest BCUT2D eigenvalue weighted by Gasteiger charge is -2.44. The fraction of sp³-hybridized carbons (Fsp3) is 0.0385. The molecule has 4 aromatic heterocycles. The highest BCUT2D eigenvalue weighted by Crippen LogP contribution is 2.43. The topological polar surface area (TPSA) is 44.5 Å². The average Bonchev–Trinajstić information content (AvgIpc) is 4.07. The predicted octanol–water partition coefficient (Wildman–Crippen LogP) is 10.1. The normalized spacial score (nSPS) is 15.9. The molecule has 61 heavy (non-hydrogen) atoms. The minimum atomic E-state index is -2.91. The number of fused-ring (bicyclic) bond motifs is 18. The molecule has 14 rings (SSSR count). The van der Waals surface area contributed by atoms with E-state index >= 15 is 0 Å². The van der Waals surface area contributed by atoms with Crippen LogP contribution in [0.5, 0.6) is 0 Å². The summed E-state index contributed by atoms with van der Waals surface area (Å²) < 4.78 is 60.2. The quantitative estimate of drug-likeness (QED) is 0.163. The number of imidazole rings is 4. The molecule has 0 unspecified atom stereocenters. The van der Waals surface area contributed by atoms with Crippen molar-refractivity contribution >= 4 is 108 Å². The molecule has 0 aliphatic carbocycles. The molecule has 12 aromatic rings. The van der Waals surface area contributed by atoms with E-state index in [0.29, 0.717) is 39.3 Å². The molecule has 2 aliphatic rings. The van der Waals surface area contributed by atoms with Gasteiger partial charge in [0, 0.05) is 27.8 Å². The molecule has 0 N–H and O–H groups in total. The maximum atomic E-state index is 9.00. The molecule has 0 bridgehead atoms. The van der Waals surface area contributed by atoms with Crippen molar-refractivity contribution in [2.45, 2.75) is 33.3 Å². The molecule has 8 aromatic carbocycles. The van der Waals surface area contributed by atoms with Crippen LogP contribution in [-0.2, 0) is 0 Å². The van der Waals surface area contributed by atoms with Gasteiger partial charge in [0.25, 0.3) is 0 Å². The molecule has 288 valence electrons. The molecule has 2 aliphatic heterocycles. The van der Waals surface area contributed by atoms with Gasteiger partial charge in [-0.05, 0) is 112 Å². The largest absolute Gasteiger partial charge is 0.278 e. The lowest BCUT2D eigenvalue weighted by Crippen LogP contribution is -2.78. The van der Waals surface area contributed by atoms with Crippen LogP contribution >= 0.6 is 23.5 Å². The van der Waals surface area contributed by atoms with Gasteiger partial charge in [-0.1, -0.05) is 127 Å². The second kappa shape index (κ2) is 12.2. The van der Waals surface area contributed by atoms with Crippen molar-refractivity contribution in [1.29, 1.82) is 0 Å². The van der Waals surface area contributed by atoms with E-state index in [2.05, 4.69) is 112 Å². The summed E-state index contributed by atoms with van der Waals surface area (Å²) in [5.41, 5.74) is 7.25. The van der Waals surface area contributed by atoms with E-state index in [1.54, 1.807) is 30.0 Å². The standard InChI is InChI=1S/C52H34N6S2Si/c1-31-15-13-20-38-48(31)53-51-55(34-16-3-4-17-35(34)56(38)51)33-29-32(2)49-40(30-33)58-37-19-6-5-18-36(37)57(52(58)54-49)39-21-14-28-47-50(39)60-43-24-9-12-27-46(43)61(47)44-25-10-7-22-41(44)59-42-23-8-11-26-45(42)61/h3-30H,1-2H3/i1D3,2D3. The van der Waals surface area contributed by atoms with Gasteiger partial charge >= 0.3 is 0 Å². The highest BCUT2D eigenvalue weighted by Gasteiger charge is 2.51. The molecular formula is C52H34N6S2Si. The lowest BCUT2D eigenvalue weighted by atomic mass is 10.1. The van der Waals surface area contributed by atoms with Gasteiger partial charge in [0.15, 0.2) is 8.07 Å². The van der Waals surface area contributed by atoms with E-state index in [1.165, 1.54) is 35.4 Å². The maximum Gasteiger partial charge on any atom is 0.220 e. The molecule has 6 heterocycles.